The standard InChI is InChI=1S/C10H22.C6H16N.C4H7NO/c1-3-5-7-9-10-8-6-4-2;1-5-6-7(2,3)4;1-3-4(6)5-2/h3-10H2,1-2H3;5-6H2,1-4H3;3H,1H2,2H3,(H,5,6)/q;+1;. The monoisotopic (exact) mass is 329 g/mol. The Morgan fingerprint density at radius 1 is 0.870 bits per heavy atom. The normalized spacial score (nSPS) is 9.87. The van der Waals surface area contributed by atoms with E-state index in [4.69, 9.17) is 0 Å². The van der Waals surface area contributed by atoms with Crippen LogP contribution in [0.5, 0.6) is 0 Å². The number of carbonyl (C=O) groups excluding carboxylic acids is 1. The summed E-state index contributed by atoms with van der Waals surface area (Å²) < 4.78 is 1.09. The van der Waals surface area contributed by atoms with Crippen LogP contribution in [0, 0.1) is 0 Å². The van der Waals surface area contributed by atoms with Crippen molar-refractivity contribution in [3.8, 4) is 0 Å². The number of hydrogen-bond donors (Lipinski definition) is 1. The summed E-state index contributed by atoms with van der Waals surface area (Å²) in [4.78, 5) is 9.95. The van der Waals surface area contributed by atoms with Gasteiger partial charge in [-0.1, -0.05) is 78.7 Å². The fourth-order valence-electron chi connectivity index (χ4n) is 1.98. The molecule has 1 N–H and O–H groups in total. The van der Waals surface area contributed by atoms with Crippen LogP contribution in [0.2, 0.25) is 0 Å². The van der Waals surface area contributed by atoms with E-state index in [1.165, 1.54) is 70.4 Å². The second-order valence-electron chi connectivity index (χ2n) is 6.95. The van der Waals surface area contributed by atoms with Crippen molar-refractivity contribution < 1.29 is 9.28 Å². The van der Waals surface area contributed by atoms with E-state index in [0.717, 1.165) is 4.48 Å². The zero-order chi connectivity index (χ0) is 18.6. The van der Waals surface area contributed by atoms with Crippen LogP contribution >= 0.6 is 0 Å². The number of hydrogen-bond acceptors (Lipinski definition) is 1. The highest BCUT2D eigenvalue weighted by molar-refractivity contribution is 5.86. The smallest absolute Gasteiger partial charge is 0.243 e. The fourth-order valence-corrected chi connectivity index (χ4v) is 1.98. The highest BCUT2D eigenvalue weighted by atomic mass is 16.1. The summed E-state index contributed by atoms with van der Waals surface area (Å²) in [6.45, 7) is 11.2. The van der Waals surface area contributed by atoms with Crippen molar-refractivity contribution in [1.82, 2.24) is 5.32 Å². The second kappa shape index (κ2) is 21.2. The minimum absolute atomic E-state index is 0.144. The maximum atomic E-state index is 9.95. The van der Waals surface area contributed by atoms with Crippen LogP contribution in [0.15, 0.2) is 12.7 Å². The van der Waals surface area contributed by atoms with Crippen molar-refractivity contribution in [1.29, 1.82) is 0 Å². The molecule has 0 aromatic heterocycles. The Kier molecular flexibility index (Phi) is 24.9. The maximum Gasteiger partial charge on any atom is 0.243 e. The lowest BCUT2D eigenvalue weighted by molar-refractivity contribution is -0.870. The summed E-state index contributed by atoms with van der Waals surface area (Å²) in [5.74, 6) is -0.144. The minimum atomic E-state index is -0.144. The zero-order valence-corrected chi connectivity index (χ0v) is 17.2. The quantitative estimate of drug-likeness (QED) is 0.334. The van der Waals surface area contributed by atoms with Gasteiger partial charge in [0.1, 0.15) is 0 Å². The Bertz CT molecular complexity index is 237. The van der Waals surface area contributed by atoms with Crippen molar-refractivity contribution in [3.05, 3.63) is 12.7 Å². The molecule has 1 amide bonds. The molecule has 0 aliphatic heterocycles. The molecule has 0 aliphatic rings. The van der Waals surface area contributed by atoms with Crippen LogP contribution < -0.4 is 5.32 Å². The molecule has 0 saturated heterocycles. The molecule has 3 heteroatoms. The number of nitrogens with one attached hydrogen (secondary N) is 1. The molecule has 0 unspecified atom stereocenters. The van der Waals surface area contributed by atoms with Gasteiger partial charge in [-0.3, -0.25) is 4.79 Å². The first-order chi connectivity index (χ1) is 10.8. The van der Waals surface area contributed by atoms with Gasteiger partial charge < -0.3 is 9.80 Å². The van der Waals surface area contributed by atoms with E-state index < -0.39 is 0 Å². The Hall–Kier alpha value is -0.830. The first-order valence-corrected chi connectivity index (χ1v) is 9.43. The number of nitrogens with zero attached hydrogens (tertiary/aromatic N) is 1. The number of quaternary nitrogens is 1. The van der Waals surface area contributed by atoms with Gasteiger partial charge in [-0.25, -0.2) is 0 Å². The Balaban J connectivity index is -0.000000272. The molecule has 0 rings (SSSR count). The van der Waals surface area contributed by atoms with Gasteiger partial charge in [-0.15, -0.1) is 0 Å². The van der Waals surface area contributed by atoms with Crippen LogP contribution in [-0.2, 0) is 4.79 Å². The van der Waals surface area contributed by atoms with Crippen molar-refractivity contribution in [2.45, 2.75) is 78.6 Å². The number of rotatable bonds is 10. The third-order valence-corrected chi connectivity index (χ3v) is 3.28. The Labute approximate surface area is 147 Å². The van der Waals surface area contributed by atoms with E-state index in [0.29, 0.717) is 0 Å². The second-order valence-corrected chi connectivity index (χ2v) is 6.95. The average Bonchev–Trinajstić information content (AvgIpc) is 2.50. The van der Waals surface area contributed by atoms with Gasteiger partial charge in [0.05, 0.1) is 27.7 Å². The molecule has 0 aliphatic carbocycles. The Morgan fingerprint density at radius 2 is 1.26 bits per heavy atom. The molecule has 0 atom stereocenters. The highest BCUT2D eigenvalue weighted by Crippen LogP contribution is 2.07. The average molecular weight is 330 g/mol. The lowest BCUT2D eigenvalue weighted by atomic mass is 10.1. The third-order valence-electron chi connectivity index (χ3n) is 3.28. The Morgan fingerprint density at radius 3 is 1.39 bits per heavy atom. The first kappa shape index (κ1) is 27.0. The van der Waals surface area contributed by atoms with Gasteiger partial charge in [0.15, 0.2) is 0 Å². The van der Waals surface area contributed by atoms with Gasteiger partial charge in [0.25, 0.3) is 0 Å². The van der Waals surface area contributed by atoms with E-state index in [1.54, 1.807) is 7.05 Å². The minimum Gasteiger partial charge on any atom is -0.356 e. The number of unbranched alkanes of at least 4 members (excludes halogenated alkanes) is 7. The van der Waals surface area contributed by atoms with Gasteiger partial charge in [0, 0.05) is 7.05 Å². The van der Waals surface area contributed by atoms with Crippen LogP contribution in [0.4, 0.5) is 0 Å². The maximum absolute atomic E-state index is 9.95. The van der Waals surface area contributed by atoms with E-state index in [2.05, 4.69) is 53.8 Å². The lowest BCUT2D eigenvalue weighted by Gasteiger charge is -2.22. The summed E-state index contributed by atoms with van der Waals surface area (Å²) in [5, 5.41) is 2.36. The number of amides is 1. The van der Waals surface area contributed by atoms with Gasteiger partial charge in [-0.2, -0.15) is 0 Å². The van der Waals surface area contributed by atoms with Crippen molar-refractivity contribution in [2.24, 2.45) is 0 Å². The first-order valence-electron chi connectivity index (χ1n) is 9.43. The molecular formula is C20H45N2O+. The molecule has 23 heavy (non-hydrogen) atoms. The molecule has 0 aromatic carbocycles. The van der Waals surface area contributed by atoms with Crippen LogP contribution in [0.3, 0.4) is 0 Å². The molecule has 0 heterocycles. The summed E-state index contributed by atoms with van der Waals surface area (Å²) in [6.07, 6.45) is 14.0. The SMILES string of the molecule is C=CC(=O)NC.CCCCCCCCCC.CCC[N+](C)(C)C. The predicted octanol–water partition coefficient (Wildman–Crippen LogP) is 5.17. The van der Waals surface area contributed by atoms with Gasteiger partial charge >= 0.3 is 0 Å². The summed E-state index contributed by atoms with van der Waals surface area (Å²) in [7, 11) is 8.19. The lowest BCUT2D eigenvalue weighted by Crippen LogP contribution is -2.34. The van der Waals surface area contributed by atoms with Gasteiger partial charge in [-0.05, 0) is 12.5 Å². The van der Waals surface area contributed by atoms with E-state index in [9.17, 15) is 4.79 Å². The largest absolute Gasteiger partial charge is 0.356 e. The molecule has 0 fully saturated rings. The van der Waals surface area contributed by atoms with Crippen molar-refractivity contribution in [3.63, 3.8) is 0 Å². The number of likely N-dealkylation sites (N-methyl/N-ethyl adjacent to an activating group) is 1. The predicted molar refractivity (Wildman–Crippen MR) is 106 cm³/mol. The summed E-state index contributed by atoms with van der Waals surface area (Å²) in [6, 6.07) is 0. The van der Waals surface area contributed by atoms with Gasteiger partial charge in [0.2, 0.25) is 5.91 Å². The molecular weight excluding hydrogens is 284 g/mol. The molecule has 0 saturated carbocycles. The molecule has 0 radical (unpaired) electrons. The number of carbonyl (C=O) groups is 1. The van der Waals surface area contributed by atoms with Crippen LogP contribution in [0.25, 0.3) is 0 Å². The summed E-state index contributed by atoms with van der Waals surface area (Å²) in [5.41, 5.74) is 0. The van der Waals surface area contributed by atoms with Crippen LogP contribution in [0.1, 0.15) is 78.6 Å². The van der Waals surface area contributed by atoms with E-state index in [-0.39, 0.29) is 5.91 Å². The molecule has 0 aromatic rings. The van der Waals surface area contributed by atoms with E-state index >= 15 is 0 Å². The molecule has 0 bridgehead atoms. The summed E-state index contributed by atoms with van der Waals surface area (Å²) >= 11 is 0. The zero-order valence-electron chi connectivity index (χ0n) is 17.2. The molecule has 140 valence electrons. The van der Waals surface area contributed by atoms with Crippen molar-refractivity contribution in [2.75, 3.05) is 34.7 Å². The van der Waals surface area contributed by atoms with Crippen LogP contribution in [-0.4, -0.2) is 45.1 Å². The third kappa shape index (κ3) is 38.7. The topological polar surface area (TPSA) is 29.1 Å². The fraction of sp³-hybridized carbons (Fsp3) is 0.850. The molecule has 0 spiro atoms. The molecule has 3 nitrogen and oxygen atoms in total. The van der Waals surface area contributed by atoms with Crippen molar-refractivity contribution >= 4 is 5.91 Å². The highest BCUT2D eigenvalue weighted by Gasteiger charge is 2.01. The van der Waals surface area contributed by atoms with E-state index in [1.807, 2.05) is 0 Å².